The summed E-state index contributed by atoms with van der Waals surface area (Å²) in [5.41, 5.74) is 4.24. The zero-order chi connectivity index (χ0) is 23.4. The number of aromatic carboxylic acids is 1. The van der Waals surface area contributed by atoms with Crippen molar-refractivity contribution >= 4 is 40.9 Å². The Bertz CT molecular complexity index is 1260. The maximum atomic E-state index is 11.1. The summed E-state index contributed by atoms with van der Waals surface area (Å²) >= 11 is 12.9. The van der Waals surface area contributed by atoms with E-state index in [1.807, 2.05) is 30.3 Å². The smallest absolute Gasteiger partial charge is 0.335 e. The minimum atomic E-state index is -0.891. The third-order valence-corrected chi connectivity index (χ3v) is 7.99. The molecule has 0 unspecified atom stereocenters. The molecule has 6 rings (SSSR count). The summed E-state index contributed by atoms with van der Waals surface area (Å²) in [5, 5.41) is 14.6. The predicted molar refractivity (Wildman–Crippen MR) is 134 cm³/mol. The van der Waals surface area contributed by atoms with Crippen molar-refractivity contribution in [2.75, 3.05) is 18.0 Å². The van der Waals surface area contributed by atoms with Crippen LogP contribution in [0.3, 0.4) is 0 Å². The average Bonchev–Trinajstić information content (AvgIpc) is 3.52. The number of allylic oxidation sites excluding steroid dienone is 1. The van der Waals surface area contributed by atoms with E-state index in [4.69, 9.17) is 32.8 Å². The lowest BCUT2D eigenvalue weighted by Crippen LogP contribution is -2.62. The van der Waals surface area contributed by atoms with Gasteiger partial charge in [0.2, 0.25) is 0 Å². The van der Waals surface area contributed by atoms with E-state index in [1.54, 1.807) is 12.1 Å². The van der Waals surface area contributed by atoms with E-state index >= 15 is 0 Å². The number of nitrogens with zero attached hydrogens (tertiary/aromatic N) is 2. The lowest BCUT2D eigenvalue weighted by molar-refractivity contribution is 0.0485. The largest absolute Gasteiger partial charge is 0.478 e. The first-order valence-electron chi connectivity index (χ1n) is 11.6. The molecule has 0 atom stereocenters. The van der Waals surface area contributed by atoms with Gasteiger partial charge in [0, 0.05) is 41.2 Å². The van der Waals surface area contributed by atoms with Crippen molar-refractivity contribution < 1.29 is 14.4 Å². The summed E-state index contributed by atoms with van der Waals surface area (Å²) in [6.45, 7) is 2.04. The van der Waals surface area contributed by atoms with Crippen LogP contribution >= 0.6 is 23.2 Å². The Balaban J connectivity index is 1.14. The van der Waals surface area contributed by atoms with Gasteiger partial charge in [0.1, 0.15) is 11.5 Å². The minimum absolute atomic E-state index is 0.324. The molecule has 5 nitrogen and oxygen atoms in total. The summed E-state index contributed by atoms with van der Waals surface area (Å²) in [6.07, 6.45) is 9.02. The van der Waals surface area contributed by atoms with Crippen molar-refractivity contribution in [1.29, 1.82) is 0 Å². The molecule has 2 saturated carbocycles. The SMILES string of the molecule is O=C(O)c1ccc(N2CC3(CC(/C=C/c4c(-c5c(Cl)cccc5Cl)noc4C4CC4)C3)C2)cc1. The molecule has 0 radical (unpaired) electrons. The van der Waals surface area contributed by atoms with E-state index in [-0.39, 0.29) is 0 Å². The monoisotopic (exact) mass is 494 g/mol. The second kappa shape index (κ2) is 8.17. The number of carboxylic acid groups (broad SMARTS) is 1. The van der Waals surface area contributed by atoms with Crippen LogP contribution < -0.4 is 4.90 Å². The zero-order valence-corrected chi connectivity index (χ0v) is 20.0. The summed E-state index contributed by atoms with van der Waals surface area (Å²) in [7, 11) is 0. The third kappa shape index (κ3) is 3.81. The fraction of sp³-hybridized carbons (Fsp3) is 0.333. The highest BCUT2D eigenvalue weighted by Gasteiger charge is 2.51. The number of benzene rings is 2. The molecule has 0 bridgehead atoms. The lowest BCUT2D eigenvalue weighted by atomic mass is 9.57. The number of carboxylic acids is 1. The van der Waals surface area contributed by atoms with Crippen molar-refractivity contribution in [3.8, 4) is 11.3 Å². The van der Waals surface area contributed by atoms with Gasteiger partial charge in [0.15, 0.2) is 0 Å². The zero-order valence-electron chi connectivity index (χ0n) is 18.5. The Labute approximate surface area is 208 Å². The Morgan fingerprint density at radius 2 is 1.76 bits per heavy atom. The van der Waals surface area contributed by atoms with Crippen molar-refractivity contribution in [2.45, 2.75) is 31.6 Å². The summed E-state index contributed by atoms with van der Waals surface area (Å²) in [4.78, 5) is 13.4. The molecule has 1 aromatic heterocycles. The number of carbonyl (C=O) groups is 1. The molecular weight excluding hydrogens is 471 g/mol. The molecule has 2 heterocycles. The second-order valence-corrected chi connectivity index (χ2v) is 10.7. The van der Waals surface area contributed by atoms with Gasteiger partial charge in [-0.3, -0.25) is 0 Å². The molecule has 3 aliphatic rings. The molecule has 1 saturated heterocycles. The van der Waals surface area contributed by atoms with Crippen molar-refractivity contribution in [2.24, 2.45) is 11.3 Å². The molecule has 1 spiro atoms. The van der Waals surface area contributed by atoms with Gasteiger partial charge < -0.3 is 14.5 Å². The van der Waals surface area contributed by atoms with Crippen molar-refractivity contribution in [3.05, 3.63) is 75.5 Å². The lowest BCUT2D eigenvalue weighted by Gasteiger charge is -2.59. The molecule has 1 aliphatic heterocycles. The Morgan fingerprint density at radius 3 is 2.38 bits per heavy atom. The number of anilines is 1. The topological polar surface area (TPSA) is 66.6 Å². The Morgan fingerprint density at radius 1 is 1.09 bits per heavy atom. The molecular formula is C27H24Cl2N2O3. The first-order valence-corrected chi connectivity index (χ1v) is 12.4. The standard InChI is InChI=1S/C27H24Cl2N2O3/c28-21-2-1-3-22(29)23(21)24-20(25(34-30-24)17-5-6-17)11-4-16-12-27(13-16)14-31(15-27)19-9-7-18(8-10-19)26(32)33/h1-4,7-11,16-17H,5-6,12-15H2,(H,32,33)/b11-4+. The van der Waals surface area contributed by atoms with E-state index in [0.717, 1.165) is 67.0 Å². The highest BCUT2D eigenvalue weighted by molar-refractivity contribution is 6.39. The molecule has 34 heavy (non-hydrogen) atoms. The molecule has 174 valence electrons. The molecule has 0 amide bonds. The van der Waals surface area contributed by atoms with E-state index in [2.05, 4.69) is 22.2 Å². The van der Waals surface area contributed by atoms with Gasteiger partial charge in [-0.2, -0.15) is 0 Å². The van der Waals surface area contributed by atoms with E-state index in [1.165, 1.54) is 0 Å². The van der Waals surface area contributed by atoms with E-state index in [9.17, 15) is 4.79 Å². The van der Waals surface area contributed by atoms with Crippen molar-refractivity contribution in [1.82, 2.24) is 5.16 Å². The van der Waals surface area contributed by atoms with Crippen LogP contribution in [-0.4, -0.2) is 29.3 Å². The van der Waals surface area contributed by atoms with Crippen LogP contribution in [0.15, 0.2) is 53.1 Å². The number of aromatic nitrogens is 1. The van der Waals surface area contributed by atoms with Crippen LogP contribution in [-0.2, 0) is 0 Å². The van der Waals surface area contributed by atoms with Gasteiger partial charge in [0.25, 0.3) is 0 Å². The first-order chi connectivity index (χ1) is 16.4. The predicted octanol–water partition coefficient (Wildman–Crippen LogP) is 7.15. The number of rotatable bonds is 6. The normalized spacial score (nSPS) is 19.4. The number of halogens is 2. The molecule has 3 fully saturated rings. The highest BCUT2D eigenvalue weighted by Crippen LogP contribution is 2.54. The molecule has 3 aromatic rings. The van der Waals surface area contributed by atoms with Gasteiger partial charge in [-0.1, -0.05) is 46.6 Å². The summed E-state index contributed by atoms with van der Waals surface area (Å²) in [6, 6.07) is 12.6. The van der Waals surface area contributed by atoms with Gasteiger partial charge in [-0.25, -0.2) is 4.79 Å². The molecule has 7 heteroatoms. The van der Waals surface area contributed by atoms with Crippen LogP contribution in [0.5, 0.6) is 0 Å². The molecule has 2 aromatic carbocycles. The Kier molecular flexibility index (Phi) is 5.23. The number of hydrogen-bond donors (Lipinski definition) is 1. The van der Waals surface area contributed by atoms with Crippen LogP contribution in [0.2, 0.25) is 10.0 Å². The van der Waals surface area contributed by atoms with Crippen LogP contribution in [0.1, 0.15) is 53.3 Å². The quantitative estimate of drug-likeness (QED) is 0.393. The van der Waals surface area contributed by atoms with Gasteiger partial charge in [0.05, 0.1) is 15.6 Å². The molecule has 2 aliphatic carbocycles. The van der Waals surface area contributed by atoms with Gasteiger partial charge >= 0.3 is 5.97 Å². The van der Waals surface area contributed by atoms with Gasteiger partial charge in [-0.05, 0) is 68.0 Å². The van der Waals surface area contributed by atoms with Crippen LogP contribution in [0.4, 0.5) is 5.69 Å². The van der Waals surface area contributed by atoms with E-state index in [0.29, 0.717) is 32.9 Å². The molecule has 1 N–H and O–H groups in total. The first kappa shape index (κ1) is 21.8. The average molecular weight is 495 g/mol. The van der Waals surface area contributed by atoms with Gasteiger partial charge in [-0.15, -0.1) is 0 Å². The van der Waals surface area contributed by atoms with Crippen molar-refractivity contribution in [3.63, 3.8) is 0 Å². The second-order valence-electron chi connectivity index (χ2n) is 9.92. The van der Waals surface area contributed by atoms with Crippen LogP contribution in [0, 0.1) is 11.3 Å². The van der Waals surface area contributed by atoms with Crippen LogP contribution in [0.25, 0.3) is 17.3 Å². The third-order valence-electron chi connectivity index (χ3n) is 7.36. The van der Waals surface area contributed by atoms with E-state index < -0.39 is 5.97 Å². The summed E-state index contributed by atoms with van der Waals surface area (Å²) < 4.78 is 5.77. The Hall–Kier alpha value is -2.76. The number of hydrogen-bond acceptors (Lipinski definition) is 4. The summed E-state index contributed by atoms with van der Waals surface area (Å²) in [5.74, 6) is 1.00. The highest BCUT2D eigenvalue weighted by atomic mass is 35.5. The fourth-order valence-corrected chi connectivity index (χ4v) is 6.03. The maximum Gasteiger partial charge on any atom is 0.335 e. The minimum Gasteiger partial charge on any atom is -0.478 e. The maximum absolute atomic E-state index is 11.1. The fourth-order valence-electron chi connectivity index (χ4n) is 5.46.